The third-order valence-electron chi connectivity index (χ3n) is 2.41. The van der Waals surface area contributed by atoms with Gasteiger partial charge in [0.1, 0.15) is 0 Å². The fourth-order valence-electron chi connectivity index (χ4n) is 1.44. The molecule has 0 aromatic carbocycles. The van der Waals surface area contributed by atoms with E-state index in [9.17, 15) is 4.79 Å². The minimum Gasteiger partial charge on any atom is -0.481 e. The summed E-state index contributed by atoms with van der Waals surface area (Å²) >= 11 is 0. The monoisotopic (exact) mass is 157 g/mol. The highest BCUT2D eigenvalue weighted by atomic mass is 16.4. The average molecular weight is 157 g/mol. The first-order chi connectivity index (χ1) is 5.10. The van der Waals surface area contributed by atoms with E-state index in [2.05, 4.69) is 6.92 Å². The molecule has 1 saturated carbocycles. The summed E-state index contributed by atoms with van der Waals surface area (Å²) in [5.41, 5.74) is 5.44. The van der Waals surface area contributed by atoms with E-state index < -0.39 is 5.97 Å². The minimum absolute atomic E-state index is 0.269. The van der Waals surface area contributed by atoms with Crippen LogP contribution in [0.5, 0.6) is 0 Å². The van der Waals surface area contributed by atoms with Crippen molar-refractivity contribution in [1.29, 1.82) is 0 Å². The number of unbranched alkanes of at least 4 members (excludes halogenated alkanes) is 1. The van der Waals surface area contributed by atoms with Crippen LogP contribution in [0.25, 0.3) is 0 Å². The van der Waals surface area contributed by atoms with Gasteiger partial charge in [-0.15, -0.1) is 0 Å². The Morgan fingerprint density at radius 3 is 2.82 bits per heavy atom. The molecule has 0 radical (unpaired) electrons. The zero-order chi connectivity index (χ0) is 8.48. The number of carbonyl (C=O) groups is 1. The Morgan fingerprint density at radius 1 is 1.82 bits per heavy atom. The molecule has 0 heterocycles. The fraction of sp³-hybridized carbons (Fsp3) is 0.875. The molecule has 3 heteroatoms. The van der Waals surface area contributed by atoms with Crippen LogP contribution < -0.4 is 5.73 Å². The zero-order valence-electron chi connectivity index (χ0n) is 6.84. The first kappa shape index (κ1) is 8.53. The van der Waals surface area contributed by atoms with Crippen LogP contribution in [0.4, 0.5) is 0 Å². The van der Waals surface area contributed by atoms with Crippen molar-refractivity contribution in [3.8, 4) is 0 Å². The van der Waals surface area contributed by atoms with Crippen LogP contribution in [0.2, 0.25) is 0 Å². The summed E-state index contributed by atoms with van der Waals surface area (Å²) in [6, 6.07) is 0. The molecule has 1 fully saturated rings. The van der Waals surface area contributed by atoms with Gasteiger partial charge in [0.25, 0.3) is 0 Å². The lowest BCUT2D eigenvalue weighted by molar-refractivity contribution is -0.139. The number of nitrogens with two attached hydrogens (primary N) is 1. The molecule has 3 nitrogen and oxygen atoms in total. The highest BCUT2D eigenvalue weighted by Gasteiger charge is 2.54. The van der Waals surface area contributed by atoms with Crippen LogP contribution in [0.3, 0.4) is 0 Å². The molecule has 2 atom stereocenters. The Labute approximate surface area is 66.6 Å². The van der Waals surface area contributed by atoms with Gasteiger partial charge in [0.2, 0.25) is 0 Å². The molecule has 0 amide bonds. The predicted molar refractivity (Wildman–Crippen MR) is 42.2 cm³/mol. The van der Waals surface area contributed by atoms with Crippen molar-refractivity contribution in [3.05, 3.63) is 0 Å². The second kappa shape index (κ2) is 2.81. The maximum atomic E-state index is 10.5. The van der Waals surface area contributed by atoms with Crippen molar-refractivity contribution in [2.45, 2.75) is 38.1 Å². The number of carboxylic acids is 1. The normalized spacial score (nSPS) is 35.3. The topological polar surface area (TPSA) is 63.3 Å². The van der Waals surface area contributed by atoms with Crippen molar-refractivity contribution in [3.63, 3.8) is 0 Å². The van der Waals surface area contributed by atoms with Crippen molar-refractivity contribution < 1.29 is 9.90 Å². The molecule has 64 valence electrons. The molecule has 0 spiro atoms. The second-order valence-corrected chi connectivity index (χ2v) is 3.43. The lowest BCUT2D eigenvalue weighted by atomic mass is 10.1. The van der Waals surface area contributed by atoms with Crippen molar-refractivity contribution in [2.75, 3.05) is 0 Å². The molecule has 0 aromatic rings. The Bertz CT molecular complexity index is 169. The molecule has 0 aliphatic heterocycles. The number of hydrogen-bond donors (Lipinski definition) is 2. The number of hydrogen-bond acceptors (Lipinski definition) is 2. The van der Waals surface area contributed by atoms with Gasteiger partial charge in [-0.1, -0.05) is 19.8 Å². The van der Waals surface area contributed by atoms with E-state index in [4.69, 9.17) is 10.8 Å². The van der Waals surface area contributed by atoms with Gasteiger partial charge in [-0.25, -0.2) is 0 Å². The largest absolute Gasteiger partial charge is 0.481 e. The van der Waals surface area contributed by atoms with E-state index in [1.54, 1.807) is 0 Å². The van der Waals surface area contributed by atoms with Gasteiger partial charge in [0.05, 0.1) is 5.92 Å². The van der Waals surface area contributed by atoms with E-state index in [-0.39, 0.29) is 11.5 Å². The number of rotatable bonds is 4. The Balaban J connectivity index is 2.30. The summed E-state index contributed by atoms with van der Waals surface area (Å²) < 4.78 is 0. The summed E-state index contributed by atoms with van der Waals surface area (Å²) in [4.78, 5) is 10.5. The molecule has 2 unspecified atom stereocenters. The fourth-order valence-corrected chi connectivity index (χ4v) is 1.44. The maximum absolute atomic E-state index is 10.5. The number of carboxylic acid groups (broad SMARTS) is 1. The summed E-state index contributed by atoms with van der Waals surface area (Å²) in [5, 5.41) is 8.61. The summed E-state index contributed by atoms with van der Waals surface area (Å²) in [7, 11) is 0. The molecule has 3 N–H and O–H groups in total. The van der Waals surface area contributed by atoms with E-state index in [0.29, 0.717) is 6.42 Å². The van der Waals surface area contributed by atoms with Gasteiger partial charge in [-0.05, 0) is 12.8 Å². The van der Waals surface area contributed by atoms with Crippen LogP contribution in [0, 0.1) is 5.92 Å². The zero-order valence-corrected chi connectivity index (χ0v) is 6.84. The average Bonchev–Trinajstić information content (AvgIpc) is 2.60. The SMILES string of the molecule is CCCCC1(N)CC1C(=O)O. The lowest BCUT2D eigenvalue weighted by Gasteiger charge is -2.07. The van der Waals surface area contributed by atoms with Crippen molar-refractivity contribution in [2.24, 2.45) is 11.7 Å². The van der Waals surface area contributed by atoms with Gasteiger partial charge >= 0.3 is 5.97 Å². The van der Waals surface area contributed by atoms with Crippen molar-refractivity contribution in [1.82, 2.24) is 0 Å². The van der Waals surface area contributed by atoms with Crippen LogP contribution in [0.1, 0.15) is 32.6 Å². The predicted octanol–water partition coefficient (Wildman–Crippen LogP) is 0.979. The Kier molecular flexibility index (Phi) is 2.18. The molecule has 0 aromatic heterocycles. The van der Waals surface area contributed by atoms with Crippen LogP contribution >= 0.6 is 0 Å². The van der Waals surface area contributed by atoms with E-state index in [0.717, 1.165) is 19.3 Å². The summed E-state index contributed by atoms with van der Waals surface area (Å²) in [5.74, 6) is -1.00. The molecule has 1 aliphatic rings. The van der Waals surface area contributed by atoms with Crippen LogP contribution in [-0.4, -0.2) is 16.6 Å². The summed E-state index contributed by atoms with van der Waals surface area (Å²) in [6.45, 7) is 2.08. The Morgan fingerprint density at radius 2 is 2.45 bits per heavy atom. The molecule has 11 heavy (non-hydrogen) atoms. The maximum Gasteiger partial charge on any atom is 0.308 e. The van der Waals surface area contributed by atoms with Gasteiger partial charge in [-0.3, -0.25) is 4.79 Å². The highest BCUT2D eigenvalue weighted by molar-refractivity contribution is 5.75. The van der Waals surface area contributed by atoms with Crippen LogP contribution in [0.15, 0.2) is 0 Å². The molecule has 1 aliphatic carbocycles. The first-order valence-corrected chi connectivity index (χ1v) is 4.12. The lowest BCUT2D eigenvalue weighted by Crippen LogP contribution is -2.27. The van der Waals surface area contributed by atoms with Gasteiger partial charge < -0.3 is 10.8 Å². The molecule has 0 saturated heterocycles. The molecular formula is C8H15NO2. The van der Waals surface area contributed by atoms with E-state index in [1.807, 2.05) is 0 Å². The molecular weight excluding hydrogens is 142 g/mol. The quantitative estimate of drug-likeness (QED) is 0.639. The smallest absolute Gasteiger partial charge is 0.308 e. The van der Waals surface area contributed by atoms with Crippen molar-refractivity contribution >= 4 is 5.97 Å². The van der Waals surface area contributed by atoms with E-state index >= 15 is 0 Å². The van der Waals surface area contributed by atoms with Gasteiger partial charge in [0, 0.05) is 5.54 Å². The second-order valence-electron chi connectivity index (χ2n) is 3.43. The standard InChI is InChI=1S/C8H15NO2/c1-2-3-4-8(9)5-6(8)7(10)11/h6H,2-5,9H2,1H3,(H,10,11). The third kappa shape index (κ3) is 1.71. The first-order valence-electron chi connectivity index (χ1n) is 4.12. The van der Waals surface area contributed by atoms with E-state index in [1.165, 1.54) is 0 Å². The molecule has 0 bridgehead atoms. The minimum atomic E-state index is -0.733. The van der Waals surface area contributed by atoms with Gasteiger partial charge in [-0.2, -0.15) is 0 Å². The Hall–Kier alpha value is -0.570. The highest BCUT2D eigenvalue weighted by Crippen LogP contribution is 2.44. The number of aliphatic carboxylic acids is 1. The van der Waals surface area contributed by atoms with Crippen LogP contribution in [-0.2, 0) is 4.79 Å². The third-order valence-corrected chi connectivity index (χ3v) is 2.41. The molecule has 1 rings (SSSR count). The van der Waals surface area contributed by atoms with Gasteiger partial charge in [0.15, 0.2) is 0 Å². The summed E-state index contributed by atoms with van der Waals surface area (Å²) in [6.07, 6.45) is 3.66.